The summed E-state index contributed by atoms with van der Waals surface area (Å²) in [6.45, 7) is 4.47. The smallest absolute Gasteiger partial charge is 0.291 e. The number of furan rings is 1. The van der Waals surface area contributed by atoms with Gasteiger partial charge in [0.15, 0.2) is 17.3 Å². The summed E-state index contributed by atoms with van der Waals surface area (Å²) in [5.74, 6) is 3.10. The Morgan fingerprint density at radius 1 is 0.917 bits per heavy atom. The highest BCUT2D eigenvalue weighted by Crippen LogP contribution is 2.29. The lowest BCUT2D eigenvalue weighted by molar-refractivity contribution is 0.0992. The lowest BCUT2D eigenvalue weighted by atomic mass is 10.2. The van der Waals surface area contributed by atoms with Crippen molar-refractivity contribution in [1.82, 2.24) is 9.78 Å². The zero-order valence-corrected chi connectivity index (χ0v) is 21.0. The molecule has 0 spiro atoms. The summed E-state index contributed by atoms with van der Waals surface area (Å²) in [7, 11) is 4.81. The number of ether oxygens (including phenoxy) is 4. The summed E-state index contributed by atoms with van der Waals surface area (Å²) in [4.78, 5) is 12.9. The molecule has 2 heterocycles. The Balaban J connectivity index is 1.41. The maximum atomic E-state index is 12.9. The van der Waals surface area contributed by atoms with E-state index in [0.717, 1.165) is 17.0 Å². The number of benzene rings is 2. The summed E-state index contributed by atoms with van der Waals surface area (Å²) >= 11 is 0. The summed E-state index contributed by atoms with van der Waals surface area (Å²) in [5.41, 5.74) is 3.16. The minimum atomic E-state index is -0.359. The molecule has 0 radical (unpaired) electrons. The van der Waals surface area contributed by atoms with E-state index in [9.17, 15) is 4.79 Å². The van der Waals surface area contributed by atoms with Crippen LogP contribution >= 0.6 is 0 Å². The van der Waals surface area contributed by atoms with E-state index in [1.54, 1.807) is 45.6 Å². The predicted molar refractivity (Wildman–Crippen MR) is 134 cm³/mol. The van der Waals surface area contributed by atoms with Gasteiger partial charge in [0.2, 0.25) is 0 Å². The molecule has 0 aliphatic heterocycles. The van der Waals surface area contributed by atoms with Crippen LogP contribution in [0.2, 0.25) is 0 Å². The van der Waals surface area contributed by atoms with Gasteiger partial charge in [-0.2, -0.15) is 5.10 Å². The third kappa shape index (κ3) is 5.46. The van der Waals surface area contributed by atoms with E-state index in [4.69, 9.17) is 23.4 Å². The molecule has 1 amide bonds. The maximum absolute atomic E-state index is 12.9. The first-order chi connectivity index (χ1) is 17.4. The zero-order valence-electron chi connectivity index (χ0n) is 21.0. The van der Waals surface area contributed by atoms with E-state index in [2.05, 4.69) is 10.4 Å². The molecule has 0 saturated heterocycles. The van der Waals surface area contributed by atoms with Gasteiger partial charge < -0.3 is 28.7 Å². The first kappa shape index (κ1) is 24.7. The van der Waals surface area contributed by atoms with Crippen LogP contribution in [0.15, 0.2) is 59.0 Å². The number of methoxy groups -OCH3 is 3. The van der Waals surface area contributed by atoms with Crippen molar-refractivity contribution < 1.29 is 28.2 Å². The van der Waals surface area contributed by atoms with Gasteiger partial charge in [-0.3, -0.25) is 9.48 Å². The fourth-order valence-electron chi connectivity index (χ4n) is 3.76. The van der Waals surface area contributed by atoms with Crippen LogP contribution < -0.4 is 24.3 Å². The third-order valence-electron chi connectivity index (χ3n) is 5.73. The lowest BCUT2D eigenvalue weighted by Gasteiger charge is -2.11. The van der Waals surface area contributed by atoms with Crippen LogP contribution in [-0.4, -0.2) is 37.0 Å². The molecule has 1 N–H and O–H groups in total. The first-order valence-electron chi connectivity index (χ1n) is 11.3. The number of aromatic nitrogens is 2. The molecule has 9 heteroatoms. The normalized spacial score (nSPS) is 10.7. The number of nitrogens with one attached hydrogen (secondary N) is 1. The van der Waals surface area contributed by atoms with E-state index in [-0.39, 0.29) is 18.3 Å². The van der Waals surface area contributed by atoms with E-state index in [0.29, 0.717) is 40.9 Å². The van der Waals surface area contributed by atoms with Crippen molar-refractivity contribution in [3.8, 4) is 23.0 Å². The molecule has 0 aliphatic rings. The van der Waals surface area contributed by atoms with Gasteiger partial charge >= 0.3 is 0 Å². The second kappa shape index (κ2) is 10.9. The highest BCUT2D eigenvalue weighted by Gasteiger charge is 2.18. The van der Waals surface area contributed by atoms with Crippen LogP contribution in [0.3, 0.4) is 0 Å². The summed E-state index contributed by atoms with van der Waals surface area (Å²) in [6, 6.07) is 16.3. The van der Waals surface area contributed by atoms with Gasteiger partial charge in [-0.05, 0) is 67.9 Å². The number of hydrogen-bond acceptors (Lipinski definition) is 7. The molecule has 2 aromatic carbocycles. The third-order valence-corrected chi connectivity index (χ3v) is 5.73. The number of rotatable bonds is 10. The Bertz CT molecular complexity index is 1340. The van der Waals surface area contributed by atoms with Crippen LogP contribution in [0.4, 0.5) is 5.69 Å². The molecule has 2 aromatic heterocycles. The maximum Gasteiger partial charge on any atom is 0.291 e. The zero-order chi connectivity index (χ0) is 25.7. The van der Waals surface area contributed by atoms with E-state index < -0.39 is 0 Å². The van der Waals surface area contributed by atoms with Crippen molar-refractivity contribution >= 4 is 11.6 Å². The number of carbonyl (C=O) groups excluding carboxylic acids is 1. The van der Waals surface area contributed by atoms with Crippen LogP contribution in [-0.2, 0) is 13.2 Å². The van der Waals surface area contributed by atoms with Crippen LogP contribution in [0.5, 0.6) is 23.0 Å². The summed E-state index contributed by atoms with van der Waals surface area (Å²) in [6.07, 6.45) is 0. The minimum Gasteiger partial charge on any atom is -0.497 e. The average Bonchev–Trinajstić information content (AvgIpc) is 3.48. The van der Waals surface area contributed by atoms with Crippen molar-refractivity contribution in [3.05, 3.63) is 83.1 Å². The Hall–Kier alpha value is -4.40. The largest absolute Gasteiger partial charge is 0.497 e. The fraction of sp³-hybridized carbons (Fsp3) is 0.259. The van der Waals surface area contributed by atoms with Gasteiger partial charge in [0.05, 0.1) is 44.9 Å². The first-order valence-corrected chi connectivity index (χ1v) is 11.3. The topological polar surface area (TPSA) is 97.0 Å². The van der Waals surface area contributed by atoms with Crippen molar-refractivity contribution in [1.29, 1.82) is 0 Å². The minimum absolute atomic E-state index is 0.190. The van der Waals surface area contributed by atoms with Crippen molar-refractivity contribution in [2.45, 2.75) is 27.0 Å². The van der Waals surface area contributed by atoms with Crippen molar-refractivity contribution in [2.24, 2.45) is 0 Å². The molecule has 0 unspecified atom stereocenters. The second-order valence-corrected chi connectivity index (χ2v) is 8.08. The molecule has 9 nitrogen and oxygen atoms in total. The molecule has 4 rings (SSSR count). The van der Waals surface area contributed by atoms with Crippen molar-refractivity contribution in [3.63, 3.8) is 0 Å². The quantitative estimate of drug-likeness (QED) is 0.333. The fourth-order valence-corrected chi connectivity index (χ4v) is 3.76. The predicted octanol–water partition coefficient (Wildman–Crippen LogP) is 5.00. The number of anilines is 1. The molecule has 0 atom stereocenters. The van der Waals surface area contributed by atoms with Gasteiger partial charge in [0.1, 0.15) is 23.9 Å². The standard InChI is InChI=1S/C27H29N3O6/c1-17-26(18(2)30(29-17)15-19-6-12-23(33-4)25(14-19)34-5)28-27(31)24-13-11-22(36-24)16-35-21-9-7-20(32-3)8-10-21/h6-14H,15-16H2,1-5H3,(H,28,31). The average molecular weight is 492 g/mol. The van der Waals surface area contributed by atoms with E-state index in [1.807, 2.05) is 48.9 Å². The molecule has 4 aromatic rings. The summed E-state index contributed by atoms with van der Waals surface area (Å²) < 4.78 is 29.1. The van der Waals surface area contributed by atoms with Crippen LogP contribution in [0, 0.1) is 13.8 Å². The Morgan fingerprint density at radius 3 is 2.33 bits per heavy atom. The number of carbonyl (C=O) groups is 1. The van der Waals surface area contributed by atoms with E-state index >= 15 is 0 Å². The highest BCUT2D eigenvalue weighted by atomic mass is 16.5. The molecular weight excluding hydrogens is 462 g/mol. The van der Waals surface area contributed by atoms with Crippen LogP contribution in [0.25, 0.3) is 0 Å². The van der Waals surface area contributed by atoms with Gasteiger partial charge in [-0.15, -0.1) is 0 Å². The van der Waals surface area contributed by atoms with Gasteiger partial charge in [-0.25, -0.2) is 0 Å². The molecule has 188 valence electrons. The Labute approximate surface area is 209 Å². The molecule has 0 bridgehead atoms. The monoisotopic (exact) mass is 491 g/mol. The summed E-state index contributed by atoms with van der Waals surface area (Å²) in [5, 5.41) is 7.53. The molecule has 0 fully saturated rings. The van der Waals surface area contributed by atoms with Gasteiger partial charge in [0, 0.05) is 0 Å². The number of aryl methyl sites for hydroxylation is 1. The van der Waals surface area contributed by atoms with Crippen LogP contribution in [0.1, 0.15) is 33.3 Å². The Kier molecular flexibility index (Phi) is 7.48. The Morgan fingerprint density at radius 2 is 1.64 bits per heavy atom. The lowest BCUT2D eigenvalue weighted by Crippen LogP contribution is -2.12. The van der Waals surface area contributed by atoms with Crippen molar-refractivity contribution in [2.75, 3.05) is 26.6 Å². The number of nitrogens with zero attached hydrogens (tertiary/aromatic N) is 2. The SMILES string of the molecule is COc1ccc(OCc2ccc(C(=O)Nc3c(C)nn(Cc4ccc(OC)c(OC)c4)c3C)o2)cc1. The van der Waals surface area contributed by atoms with Gasteiger partial charge in [-0.1, -0.05) is 6.07 Å². The second-order valence-electron chi connectivity index (χ2n) is 8.08. The molecule has 36 heavy (non-hydrogen) atoms. The molecule has 0 aliphatic carbocycles. The molecular formula is C27H29N3O6. The number of hydrogen-bond donors (Lipinski definition) is 1. The molecule has 0 saturated carbocycles. The van der Waals surface area contributed by atoms with Gasteiger partial charge in [0.25, 0.3) is 5.91 Å². The number of amides is 1. The van der Waals surface area contributed by atoms with E-state index in [1.165, 1.54) is 0 Å². The highest BCUT2D eigenvalue weighted by molar-refractivity contribution is 6.02.